The molecule has 0 saturated carbocycles. The molecule has 3 atom stereocenters. The van der Waals surface area contributed by atoms with Crippen molar-refractivity contribution < 1.29 is 14.5 Å². The van der Waals surface area contributed by atoms with Gasteiger partial charge in [-0.2, -0.15) is 0 Å². The minimum absolute atomic E-state index is 0.00636. The second-order valence-corrected chi connectivity index (χ2v) is 9.80. The third-order valence-corrected chi connectivity index (χ3v) is 7.90. The summed E-state index contributed by atoms with van der Waals surface area (Å²) in [4.78, 5) is 30.7. The van der Waals surface area contributed by atoms with Crippen LogP contribution in [-0.2, 0) is 17.6 Å². The number of likely N-dealkylation sites (tertiary alicyclic amines) is 1. The zero-order valence-corrected chi connectivity index (χ0v) is 19.9. The van der Waals surface area contributed by atoms with E-state index in [-0.39, 0.29) is 22.4 Å². The first-order valence-corrected chi connectivity index (χ1v) is 12.1. The van der Waals surface area contributed by atoms with Crippen LogP contribution >= 0.6 is 0 Å². The van der Waals surface area contributed by atoms with Crippen molar-refractivity contribution in [2.75, 3.05) is 51.8 Å². The lowest BCUT2D eigenvalue weighted by molar-refractivity contribution is -0.384. The second-order valence-electron chi connectivity index (χ2n) is 9.80. The van der Waals surface area contributed by atoms with Crippen LogP contribution in [0.25, 0.3) is 0 Å². The summed E-state index contributed by atoms with van der Waals surface area (Å²) in [7, 11) is 3.89. The molecule has 0 bridgehead atoms. The third-order valence-electron chi connectivity index (χ3n) is 7.90. The maximum atomic E-state index is 13.5. The molecule has 1 aliphatic carbocycles. The van der Waals surface area contributed by atoms with E-state index in [1.54, 1.807) is 19.2 Å². The molecule has 2 aromatic carbocycles. The fourth-order valence-corrected chi connectivity index (χ4v) is 6.12. The maximum Gasteiger partial charge on any atom is 0.271 e. The molecule has 34 heavy (non-hydrogen) atoms. The number of nitrogens with zero attached hydrogens (tertiary/aromatic N) is 4. The first-order chi connectivity index (χ1) is 16.4. The van der Waals surface area contributed by atoms with Crippen LogP contribution in [0.1, 0.15) is 17.5 Å². The molecule has 2 aliphatic heterocycles. The number of hydrogen-bond donors (Lipinski definition) is 0. The number of ether oxygens (including phenoxy) is 1. The average Bonchev–Trinajstić information content (AvgIpc) is 2.87. The minimum atomic E-state index is -0.366. The fraction of sp³-hybridized carbons (Fsp3) is 0.500. The average molecular weight is 465 g/mol. The van der Waals surface area contributed by atoms with E-state index in [1.165, 1.54) is 17.2 Å². The summed E-state index contributed by atoms with van der Waals surface area (Å²) in [6.07, 6.45) is 2.88. The van der Waals surface area contributed by atoms with Crippen LogP contribution in [0.4, 0.5) is 11.4 Å². The number of likely N-dealkylation sites (N-methyl/N-ethyl adjacent to an activating group) is 1. The smallest absolute Gasteiger partial charge is 0.271 e. The molecule has 1 amide bonds. The molecule has 8 nitrogen and oxygen atoms in total. The third kappa shape index (κ3) is 4.22. The number of anilines is 1. The van der Waals surface area contributed by atoms with Gasteiger partial charge in [0, 0.05) is 56.6 Å². The summed E-state index contributed by atoms with van der Waals surface area (Å²) >= 11 is 0. The molecule has 5 rings (SSSR count). The lowest BCUT2D eigenvalue weighted by atomic mass is 9.72. The van der Waals surface area contributed by atoms with Gasteiger partial charge in [-0.1, -0.05) is 18.2 Å². The molecule has 0 spiro atoms. The van der Waals surface area contributed by atoms with Crippen molar-refractivity contribution in [3.8, 4) is 5.75 Å². The molecular weight excluding hydrogens is 432 g/mol. The molecule has 2 heterocycles. The number of carbonyl (C=O) groups excluding carboxylic acids is 1. The van der Waals surface area contributed by atoms with Crippen molar-refractivity contribution in [1.29, 1.82) is 0 Å². The Hall–Kier alpha value is -3.13. The first-order valence-electron chi connectivity index (χ1n) is 12.1. The van der Waals surface area contributed by atoms with E-state index in [2.05, 4.69) is 29.0 Å². The molecule has 180 valence electrons. The van der Waals surface area contributed by atoms with Crippen LogP contribution in [0.5, 0.6) is 5.75 Å². The predicted octanol–water partition coefficient (Wildman–Crippen LogP) is 2.99. The Kier molecular flexibility index (Phi) is 6.16. The Balaban J connectivity index is 1.23. The molecule has 2 aromatic rings. The minimum Gasteiger partial charge on any atom is -0.496 e. The second kappa shape index (κ2) is 9.25. The van der Waals surface area contributed by atoms with Crippen molar-refractivity contribution in [3.63, 3.8) is 0 Å². The molecule has 0 radical (unpaired) electrons. The van der Waals surface area contributed by atoms with E-state index in [1.807, 2.05) is 17.0 Å². The molecule has 2 saturated heterocycles. The first kappa shape index (κ1) is 22.7. The summed E-state index contributed by atoms with van der Waals surface area (Å²) in [6.45, 7) is 3.46. The van der Waals surface area contributed by atoms with E-state index < -0.39 is 0 Å². The van der Waals surface area contributed by atoms with Crippen LogP contribution in [0.15, 0.2) is 42.5 Å². The summed E-state index contributed by atoms with van der Waals surface area (Å²) < 4.78 is 5.62. The van der Waals surface area contributed by atoms with Crippen molar-refractivity contribution in [1.82, 2.24) is 9.80 Å². The van der Waals surface area contributed by atoms with Crippen molar-refractivity contribution in [3.05, 3.63) is 63.7 Å². The zero-order valence-electron chi connectivity index (χ0n) is 19.9. The van der Waals surface area contributed by atoms with Gasteiger partial charge in [0.2, 0.25) is 5.91 Å². The lowest BCUT2D eigenvalue weighted by Gasteiger charge is -2.47. The number of amides is 1. The summed E-state index contributed by atoms with van der Waals surface area (Å²) in [5.74, 6) is 1.66. The van der Waals surface area contributed by atoms with Crippen LogP contribution in [-0.4, -0.2) is 73.6 Å². The summed E-state index contributed by atoms with van der Waals surface area (Å²) in [6, 6.07) is 13.5. The monoisotopic (exact) mass is 464 g/mol. The van der Waals surface area contributed by atoms with Gasteiger partial charge in [-0.25, -0.2) is 0 Å². The Labute approximate surface area is 200 Å². The van der Waals surface area contributed by atoms with E-state index in [9.17, 15) is 14.9 Å². The van der Waals surface area contributed by atoms with E-state index >= 15 is 0 Å². The largest absolute Gasteiger partial charge is 0.496 e. The number of non-ortho nitro benzene ring substituents is 1. The Morgan fingerprint density at radius 1 is 1.09 bits per heavy atom. The van der Waals surface area contributed by atoms with Gasteiger partial charge in [0.05, 0.1) is 18.0 Å². The van der Waals surface area contributed by atoms with Crippen LogP contribution < -0.4 is 9.64 Å². The van der Waals surface area contributed by atoms with Gasteiger partial charge >= 0.3 is 0 Å². The van der Waals surface area contributed by atoms with Gasteiger partial charge < -0.3 is 19.4 Å². The molecule has 0 N–H and O–H groups in total. The van der Waals surface area contributed by atoms with Gasteiger partial charge in [0.25, 0.3) is 5.69 Å². The predicted molar refractivity (Wildman–Crippen MR) is 130 cm³/mol. The Morgan fingerprint density at radius 3 is 2.59 bits per heavy atom. The Morgan fingerprint density at radius 2 is 1.85 bits per heavy atom. The number of fused-ring (bicyclic) bond motifs is 2. The lowest BCUT2D eigenvalue weighted by Crippen LogP contribution is -2.56. The number of methoxy groups -OCH3 is 1. The van der Waals surface area contributed by atoms with Gasteiger partial charge in [-0.05, 0) is 55.5 Å². The van der Waals surface area contributed by atoms with Gasteiger partial charge in [0.1, 0.15) is 5.75 Å². The highest BCUT2D eigenvalue weighted by Gasteiger charge is 2.41. The fourth-order valence-electron chi connectivity index (χ4n) is 6.12. The van der Waals surface area contributed by atoms with Crippen molar-refractivity contribution >= 4 is 17.3 Å². The highest BCUT2D eigenvalue weighted by Crippen LogP contribution is 2.40. The molecule has 0 aromatic heterocycles. The number of nitro benzene ring substituents is 1. The highest BCUT2D eigenvalue weighted by atomic mass is 16.6. The number of hydrogen-bond acceptors (Lipinski definition) is 6. The normalized spacial score (nSPS) is 24.8. The molecular formula is C26H32N4O4. The maximum absolute atomic E-state index is 13.5. The van der Waals surface area contributed by atoms with E-state index in [4.69, 9.17) is 4.74 Å². The van der Waals surface area contributed by atoms with Crippen LogP contribution in [0, 0.1) is 22.0 Å². The number of piperazine rings is 1. The number of benzene rings is 2. The molecule has 3 aliphatic rings. The Bertz CT molecular complexity index is 1080. The van der Waals surface area contributed by atoms with Crippen molar-refractivity contribution in [2.24, 2.45) is 11.8 Å². The topological polar surface area (TPSA) is 79.2 Å². The molecule has 2 fully saturated rings. The number of carbonyl (C=O) groups is 1. The number of piperidine rings is 1. The molecule has 8 heteroatoms. The van der Waals surface area contributed by atoms with E-state index in [0.717, 1.165) is 37.2 Å². The van der Waals surface area contributed by atoms with Gasteiger partial charge in [-0.15, -0.1) is 0 Å². The zero-order chi connectivity index (χ0) is 23.8. The highest BCUT2D eigenvalue weighted by molar-refractivity contribution is 5.79. The van der Waals surface area contributed by atoms with Gasteiger partial charge in [-0.3, -0.25) is 14.9 Å². The van der Waals surface area contributed by atoms with Crippen LogP contribution in [0.2, 0.25) is 0 Å². The van der Waals surface area contributed by atoms with E-state index in [0.29, 0.717) is 38.1 Å². The quantitative estimate of drug-likeness (QED) is 0.511. The van der Waals surface area contributed by atoms with Crippen LogP contribution in [0.3, 0.4) is 0 Å². The number of nitro groups is 1. The summed E-state index contributed by atoms with van der Waals surface area (Å²) in [5.41, 5.74) is 3.62. The molecule has 0 unspecified atom stereocenters. The van der Waals surface area contributed by atoms with Gasteiger partial charge in [0.15, 0.2) is 0 Å². The SMILES string of the molecule is COc1cccc2c1C[C@H]1C[C@@H](C(=O)N3CCN(c4cccc([N+](=O)[O-])c4)CC3)CN(C)[C@@H]1C2. The van der Waals surface area contributed by atoms with Crippen molar-refractivity contribution in [2.45, 2.75) is 25.3 Å². The standard InChI is InChI=1S/C26H32N4O4/c1-27-17-20(13-19-14-23-18(15-24(19)27)5-3-8-25(23)34-2)26(31)29-11-9-28(10-12-29)21-6-4-7-22(16-21)30(32)33/h3-8,16,19-20,24H,9-15,17H2,1-2H3/t19-,20-,24-/m1/s1. The summed E-state index contributed by atoms with van der Waals surface area (Å²) in [5, 5.41) is 11.1. The number of rotatable bonds is 4.